The van der Waals surface area contributed by atoms with Crippen molar-refractivity contribution in [3.8, 4) is 11.8 Å². The molecule has 0 bridgehead atoms. The summed E-state index contributed by atoms with van der Waals surface area (Å²) in [5.41, 5.74) is 1.42. The van der Waals surface area contributed by atoms with Crippen LogP contribution in [0.5, 0.6) is 0 Å². The van der Waals surface area contributed by atoms with Crippen LogP contribution in [0, 0.1) is 17.8 Å². The third kappa shape index (κ3) is 3.65. The first-order chi connectivity index (χ1) is 10.1. The van der Waals surface area contributed by atoms with Crippen molar-refractivity contribution < 1.29 is 9.90 Å². The molecule has 1 saturated heterocycles. The fourth-order valence-electron chi connectivity index (χ4n) is 2.77. The number of carbonyl (C=O) groups is 1. The van der Waals surface area contributed by atoms with Crippen LogP contribution in [0.3, 0.4) is 0 Å². The first kappa shape index (κ1) is 15.6. The Morgan fingerprint density at radius 1 is 1.38 bits per heavy atom. The largest absolute Gasteiger partial charge is 0.395 e. The summed E-state index contributed by atoms with van der Waals surface area (Å²) in [5.74, 6) is 6.51. The minimum Gasteiger partial charge on any atom is -0.395 e. The predicted molar refractivity (Wildman–Crippen MR) is 83.9 cm³/mol. The molecule has 2 atom stereocenters. The second-order valence-electron chi connectivity index (χ2n) is 5.68. The number of rotatable bonds is 2. The average molecular weight is 285 g/mol. The number of aliphatic hydroxyl groups is 1. The van der Waals surface area contributed by atoms with Crippen molar-refractivity contribution in [3.63, 3.8) is 0 Å². The van der Waals surface area contributed by atoms with Crippen LogP contribution in [0.15, 0.2) is 24.3 Å². The van der Waals surface area contributed by atoms with Crippen molar-refractivity contribution in [3.05, 3.63) is 35.4 Å². The van der Waals surface area contributed by atoms with E-state index >= 15 is 0 Å². The van der Waals surface area contributed by atoms with E-state index in [1.807, 2.05) is 29.2 Å². The third-order valence-corrected chi connectivity index (χ3v) is 4.25. The highest BCUT2D eigenvalue weighted by Crippen LogP contribution is 2.25. The van der Waals surface area contributed by atoms with Crippen LogP contribution in [-0.2, 0) is 0 Å². The summed E-state index contributed by atoms with van der Waals surface area (Å²) < 4.78 is 0. The molecule has 0 aromatic heterocycles. The van der Waals surface area contributed by atoms with E-state index in [9.17, 15) is 4.79 Å². The van der Waals surface area contributed by atoms with Crippen molar-refractivity contribution in [1.82, 2.24) is 4.90 Å². The molecule has 0 radical (unpaired) electrons. The van der Waals surface area contributed by atoms with Crippen LogP contribution in [-0.4, -0.2) is 35.1 Å². The molecule has 3 nitrogen and oxygen atoms in total. The van der Waals surface area contributed by atoms with Gasteiger partial charge in [0.15, 0.2) is 0 Å². The van der Waals surface area contributed by atoms with E-state index in [0.717, 1.165) is 18.5 Å². The summed E-state index contributed by atoms with van der Waals surface area (Å²) >= 11 is 0. The molecule has 1 aliphatic rings. The zero-order valence-corrected chi connectivity index (χ0v) is 12.8. The Morgan fingerprint density at radius 2 is 2.14 bits per heavy atom. The summed E-state index contributed by atoms with van der Waals surface area (Å²) in [6.07, 6.45) is 2.68. The molecule has 2 rings (SSSR count). The van der Waals surface area contributed by atoms with Crippen molar-refractivity contribution in [2.24, 2.45) is 5.92 Å². The van der Waals surface area contributed by atoms with Crippen molar-refractivity contribution in [1.29, 1.82) is 0 Å². The van der Waals surface area contributed by atoms with E-state index in [-0.39, 0.29) is 18.6 Å². The van der Waals surface area contributed by atoms with Gasteiger partial charge in [-0.2, -0.15) is 0 Å². The number of likely N-dealkylation sites (tertiary alicyclic amines) is 1. The molecule has 0 spiro atoms. The van der Waals surface area contributed by atoms with Gasteiger partial charge < -0.3 is 10.0 Å². The highest BCUT2D eigenvalue weighted by atomic mass is 16.2. The maximum atomic E-state index is 12.8. The first-order valence-electron chi connectivity index (χ1n) is 7.65. The number of hydrogen-bond acceptors (Lipinski definition) is 2. The molecule has 3 heteroatoms. The molecule has 1 heterocycles. The van der Waals surface area contributed by atoms with Crippen LogP contribution < -0.4 is 0 Å². The normalized spacial score (nSPS) is 21.6. The summed E-state index contributed by atoms with van der Waals surface area (Å²) in [5, 5.41) is 8.81. The number of aliphatic hydroxyl groups excluding tert-OH is 1. The smallest absolute Gasteiger partial charge is 0.255 e. The highest BCUT2D eigenvalue weighted by molar-refractivity contribution is 5.97. The second-order valence-corrected chi connectivity index (χ2v) is 5.68. The highest BCUT2D eigenvalue weighted by Gasteiger charge is 2.29. The maximum Gasteiger partial charge on any atom is 0.255 e. The summed E-state index contributed by atoms with van der Waals surface area (Å²) in [6, 6.07) is 7.75. The van der Waals surface area contributed by atoms with Gasteiger partial charge in [0.05, 0.1) is 12.2 Å². The van der Waals surface area contributed by atoms with Crippen molar-refractivity contribution >= 4 is 5.91 Å². The van der Waals surface area contributed by atoms with E-state index in [4.69, 9.17) is 5.11 Å². The fourth-order valence-corrected chi connectivity index (χ4v) is 2.77. The molecule has 1 aromatic rings. The van der Waals surface area contributed by atoms with Crippen molar-refractivity contribution in [2.75, 3.05) is 13.2 Å². The Labute approximate surface area is 127 Å². The molecule has 21 heavy (non-hydrogen) atoms. The molecule has 1 N–H and O–H groups in total. The lowest BCUT2D eigenvalue weighted by molar-refractivity contribution is 0.0551. The zero-order chi connectivity index (χ0) is 15.2. The number of carbonyl (C=O) groups excluding carboxylic acids is 1. The van der Waals surface area contributed by atoms with E-state index in [1.165, 1.54) is 6.42 Å². The average Bonchev–Trinajstić information content (AvgIpc) is 2.50. The quantitative estimate of drug-likeness (QED) is 0.849. The molecule has 0 aliphatic carbocycles. The number of piperidine rings is 1. The lowest BCUT2D eigenvalue weighted by Gasteiger charge is -2.38. The Bertz CT molecular complexity index is 556. The van der Waals surface area contributed by atoms with Gasteiger partial charge in [0.2, 0.25) is 0 Å². The van der Waals surface area contributed by atoms with E-state index in [2.05, 4.69) is 25.7 Å². The van der Waals surface area contributed by atoms with Crippen LogP contribution in [0.2, 0.25) is 0 Å². The standard InChI is InChI=1S/C18H23NO2/c1-14-8-7-12-19(15(14)2)18(21)17-11-4-3-9-16(17)10-5-6-13-20/h3-4,9,11,14-15,20H,6-8,12-13H2,1-2H3. The number of nitrogens with zero attached hydrogens (tertiary/aromatic N) is 1. The molecule has 2 unspecified atom stereocenters. The summed E-state index contributed by atoms with van der Waals surface area (Å²) in [6.45, 7) is 5.20. The molecule has 112 valence electrons. The SMILES string of the molecule is CC1CCCN(C(=O)c2ccccc2C#CCCO)C1C. The minimum absolute atomic E-state index is 0.0454. The zero-order valence-electron chi connectivity index (χ0n) is 12.8. The molecule has 1 aromatic carbocycles. The fraction of sp³-hybridized carbons (Fsp3) is 0.500. The van der Waals surface area contributed by atoms with Gasteiger partial charge in [-0.3, -0.25) is 4.79 Å². The van der Waals surface area contributed by atoms with Crippen LogP contribution >= 0.6 is 0 Å². The Kier molecular flexibility index (Phi) is 5.41. The molecule has 1 aliphatic heterocycles. The number of amides is 1. The lowest BCUT2D eigenvalue weighted by atomic mass is 9.91. The van der Waals surface area contributed by atoms with E-state index < -0.39 is 0 Å². The Morgan fingerprint density at radius 3 is 2.90 bits per heavy atom. The minimum atomic E-state index is 0.0454. The van der Waals surface area contributed by atoms with E-state index in [1.54, 1.807) is 0 Å². The van der Waals surface area contributed by atoms with Crippen molar-refractivity contribution in [2.45, 2.75) is 39.2 Å². The van der Waals surface area contributed by atoms with Gasteiger partial charge >= 0.3 is 0 Å². The molecular formula is C18H23NO2. The maximum absolute atomic E-state index is 12.8. The van der Waals surface area contributed by atoms with Gasteiger partial charge in [0.25, 0.3) is 5.91 Å². The Hall–Kier alpha value is -1.79. The first-order valence-corrected chi connectivity index (χ1v) is 7.65. The summed E-state index contributed by atoms with van der Waals surface area (Å²) in [4.78, 5) is 14.8. The topological polar surface area (TPSA) is 40.5 Å². The van der Waals surface area contributed by atoms with Crippen LogP contribution in [0.1, 0.15) is 49.0 Å². The van der Waals surface area contributed by atoms with Crippen LogP contribution in [0.25, 0.3) is 0 Å². The van der Waals surface area contributed by atoms with Gasteiger partial charge in [-0.15, -0.1) is 0 Å². The predicted octanol–water partition coefficient (Wildman–Crippen LogP) is 2.68. The van der Waals surface area contributed by atoms with Gasteiger partial charge in [-0.25, -0.2) is 0 Å². The van der Waals surface area contributed by atoms with Gasteiger partial charge in [-0.1, -0.05) is 30.9 Å². The molecule has 1 fully saturated rings. The van der Waals surface area contributed by atoms with E-state index in [0.29, 0.717) is 17.9 Å². The summed E-state index contributed by atoms with van der Waals surface area (Å²) in [7, 11) is 0. The lowest BCUT2D eigenvalue weighted by Crippen LogP contribution is -2.46. The van der Waals surface area contributed by atoms with Gasteiger partial charge in [0, 0.05) is 24.6 Å². The Balaban J connectivity index is 2.25. The van der Waals surface area contributed by atoms with Crippen LogP contribution in [0.4, 0.5) is 0 Å². The molecule has 1 amide bonds. The second kappa shape index (κ2) is 7.28. The van der Waals surface area contributed by atoms with Gasteiger partial charge in [0.1, 0.15) is 0 Å². The monoisotopic (exact) mass is 285 g/mol. The number of hydrogen-bond donors (Lipinski definition) is 1. The molecular weight excluding hydrogens is 262 g/mol. The van der Waals surface area contributed by atoms with Gasteiger partial charge in [-0.05, 0) is 37.8 Å². The molecule has 0 saturated carbocycles. The third-order valence-electron chi connectivity index (χ3n) is 4.25. The number of benzene rings is 1.